The first-order valence-electron chi connectivity index (χ1n) is 8.26. The van der Waals surface area contributed by atoms with Crippen LogP contribution in [0.15, 0.2) is 76.2 Å². The molecule has 0 radical (unpaired) electrons. The Kier molecular flexibility index (Phi) is 4.50. The van der Waals surface area contributed by atoms with E-state index in [0.717, 1.165) is 12.1 Å². The highest BCUT2D eigenvalue weighted by atomic mass is 32.2. The highest BCUT2D eigenvalue weighted by Crippen LogP contribution is 2.36. The number of aromatic nitrogens is 2. The van der Waals surface area contributed by atoms with Crippen molar-refractivity contribution in [2.45, 2.75) is 11.1 Å². The van der Waals surface area contributed by atoms with Gasteiger partial charge in [-0.1, -0.05) is 24.3 Å². The maximum atomic E-state index is 13.3. The normalized spacial score (nSPS) is 12.2. The van der Waals surface area contributed by atoms with E-state index in [-0.39, 0.29) is 17.1 Å². The summed E-state index contributed by atoms with van der Waals surface area (Å²) in [6.45, 7) is 0. The third-order valence-corrected chi connectivity index (χ3v) is 5.47. The Morgan fingerprint density at radius 3 is 2.41 bits per heavy atom. The number of para-hydroxylation sites is 1. The molecule has 29 heavy (non-hydrogen) atoms. The molecule has 2 aromatic carbocycles. The van der Waals surface area contributed by atoms with Crippen LogP contribution >= 0.6 is 0 Å². The van der Waals surface area contributed by atoms with E-state index in [1.165, 1.54) is 30.5 Å². The van der Waals surface area contributed by atoms with Crippen molar-refractivity contribution in [2.24, 2.45) is 0 Å². The molecule has 6 nitrogen and oxygen atoms in total. The van der Waals surface area contributed by atoms with Gasteiger partial charge in [-0.05, 0) is 36.4 Å². The lowest BCUT2D eigenvalue weighted by atomic mass is 10.2. The lowest BCUT2D eigenvalue weighted by Gasteiger charge is -2.15. The molecule has 0 aliphatic carbocycles. The van der Waals surface area contributed by atoms with Crippen molar-refractivity contribution in [3.8, 4) is 11.5 Å². The van der Waals surface area contributed by atoms with E-state index in [4.69, 9.17) is 4.42 Å². The first-order valence-corrected chi connectivity index (χ1v) is 9.74. The van der Waals surface area contributed by atoms with Gasteiger partial charge in [-0.15, -0.1) is 0 Å². The standard InChI is InChI=1S/C19H12F3N3O3S/c20-19(21,22)13-7-2-4-10-16(13)29(26,27)25-14-8-3-1-6-12(14)18-24-17-15(28-18)9-5-11-23-17/h1-11,25H. The molecule has 4 aromatic rings. The van der Waals surface area contributed by atoms with E-state index in [2.05, 4.69) is 14.7 Å². The van der Waals surface area contributed by atoms with Crippen LogP contribution in [0, 0.1) is 0 Å². The number of benzene rings is 2. The van der Waals surface area contributed by atoms with Crippen LogP contribution in [0.4, 0.5) is 18.9 Å². The average Bonchev–Trinajstić information content (AvgIpc) is 3.11. The monoisotopic (exact) mass is 419 g/mol. The molecule has 0 aliphatic heterocycles. The molecular formula is C19H12F3N3O3S. The van der Waals surface area contributed by atoms with Gasteiger partial charge >= 0.3 is 6.18 Å². The Morgan fingerprint density at radius 1 is 0.931 bits per heavy atom. The Hall–Kier alpha value is -3.40. The van der Waals surface area contributed by atoms with Crippen LogP contribution in [-0.4, -0.2) is 18.4 Å². The Balaban J connectivity index is 1.78. The second-order valence-corrected chi connectivity index (χ2v) is 7.64. The topological polar surface area (TPSA) is 85.1 Å². The van der Waals surface area contributed by atoms with Gasteiger partial charge in [0.15, 0.2) is 11.2 Å². The minimum Gasteiger partial charge on any atom is -0.434 e. The van der Waals surface area contributed by atoms with Crippen LogP contribution in [0.5, 0.6) is 0 Å². The highest BCUT2D eigenvalue weighted by Gasteiger charge is 2.37. The minimum atomic E-state index is -4.82. The molecular weight excluding hydrogens is 407 g/mol. The zero-order valence-electron chi connectivity index (χ0n) is 14.5. The van der Waals surface area contributed by atoms with E-state index < -0.39 is 26.7 Å². The molecule has 0 saturated carbocycles. The Morgan fingerprint density at radius 2 is 1.66 bits per heavy atom. The van der Waals surface area contributed by atoms with Gasteiger partial charge in [-0.2, -0.15) is 18.2 Å². The molecule has 0 amide bonds. The molecule has 4 rings (SSSR count). The molecule has 10 heteroatoms. The van der Waals surface area contributed by atoms with Crippen molar-refractivity contribution in [1.29, 1.82) is 0 Å². The maximum Gasteiger partial charge on any atom is 0.417 e. The summed E-state index contributed by atoms with van der Waals surface area (Å²) in [6.07, 6.45) is -3.30. The number of nitrogens with one attached hydrogen (secondary N) is 1. The van der Waals surface area contributed by atoms with E-state index in [1.807, 2.05) is 0 Å². The smallest absolute Gasteiger partial charge is 0.417 e. The van der Waals surface area contributed by atoms with E-state index in [0.29, 0.717) is 17.3 Å². The average molecular weight is 419 g/mol. The van der Waals surface area contributed by atoms with Crippen LogP contribution in [0.3, 0.4) is 0 Å². The fourth-order valence-electron chi connectivity index (χ4n) is 2.78. The van der Waals surface area contributed by atoms with Gasteiger partial charge in [0.2, 0.25) is 5.89 Å². The first-order chi connectivity index (χ1) is 13.8. The molecule has 0 unspecified atom stereocenters. The predicted octanol–water partition coefficient (Wildman–Crippen LogP) is 4.71. The number of halogens is 3. The van der Waals surface area contributed by atoms with Crippen molar-refractivity contribution in [3.63, 3.8) is 0 Å². The third-order valence-electron chi connectivity index (χ3n) is 4.05. The molecule has 2 heterocycles. The number of rotatable bonds is 4. The van der Waals surface area contributed by atoms with Gasteiger partial charge in [0.25, 0.3) is 10.0 Å². The second-order valence-electron chi connectivity index (χ2n) is 5.99. The summed E-state index contributed by atoms with van der Waals surface area (Å²) in [4.78, 5) is 7.39. The number of anilines is 1. The van der Waals surface area contributed by atoms with Crippen molar-refractivity contribution >= 4 is 26.9 Å². The van der Waals surface area contributed by atoms with Crippen molar-refractivity contribution in [2.75, 3.05) is 4.72 Å². The maximum absolute atomic E-state index is 13.3. The van der Waals surface area contributed by atoms with Gasteiger partial charge in [0, 0.05) is 6.20 Å². The summed E-state index contributed by atoms with van der Waals surface area (Å²) >= 11 is 0. The van der Waals surface area contributed by atoms with E-state index in [1.54, 1.807) is 18.2 Å². The summed E-state index contributed by atoms with van der Waals surface area (Å²) in [5, 5.41) is 0. The number of pyridine rings is 1. The van der Waals surface area contributed by atoms with Crippen LogP contribution in [0.1, 0.15) is 5.56 Å². The molecule has 1 N–H and O–H groups in total. The molecule has 0 fully saturated rings. The molecule has 0 aliphatic rings. The van der Waals surface area contributed by atoms with E-state index in [9.17, 15) is 21.6 Å². The summed E-state index contributed by atoms with van der Waals surface area (Å²) in [5.41, 5.74) is -0.254. The Labute approximate surface area is 163 Å². The van der Waals surface area contributed by atoms with Crippen molar-refractivity contribution in [1.82, 2.24) is 9.97 Å². The van der Waals surface area contributed by atoms with Gasteiger partial charge in [0.05, 0.1) is 21.7 Å². The lowest BCUT2D eigenvalue weighted by molar-refractivity contribution is -0.139. The van der Waals surface area contributed by atoms with Gasteiger partial charge < -0.3 is 4.42 Å². The second kappa shape index (κ2) is 6.89. The molecule has 0 bridgehead atoms. The number of sulfonamides is 1. The number of alkyl halides is 3. The molecule has 0 atom stereocenters. The Bertz CT molecular complexity index is 1270. The lowest BCUT2D eigenvalue weighted by Crippen LogP contribution is -2.19. The van der Waals surface area contributed by atoms with Crippen molar-refractivity contribution in [3.05, 3.63) is 72.4 Å². The quantitative estimate of drug-likeness (QED) is 0.518. The number of nitrogens with zero attached hydrogens (tertiary/aromatic N) is 2. The fraction of sp³-hybridized carbons (Fsp3) is 0.0526. The SMILES string of the molecule is O=S(=O)(Nc1ccccc1-c1nc2ncccc2o1)c1ccccc1C(F)(F)F. The van der Waals surface area contributed by atoms with Gasteiger partial charge in [0.1, 0.15) is 0 Å². The molecule has 0 spiro atoms. The molecule has 0 saturated heterocycles. The molecule has 2 aromatic heterocycles. The number of hydrogen-bond acceptors (Lipinski definition) is 5. The van der Waals surface area contributed by atoms with Crippen LogP contribution < -0.4 is 4.72 Å². The number of hydrogen-bond donors (Lipinski definition) is 1. The van der Waals surface area contributed by atoms with Crippen LogP contribution in [0.25, 0.3) is 22.7 Å². The summed E-state index contributed by atoms with van der Waals surface area (Å²) < 4.78 is 73.1. The summed E-state index contributed by atoms with van der Waals surface area (Å²) in [5.74, 6) is 0.0844. The largest absolute Gasteiger partial charge is 0.434 e. The van der Waals surface area contributed by atoms with Gasteiger partial charge in [-0.3, -0.25) is 4.72 Å². The predicted molar refractivity (Wildman–Crippen MR) is 99.5 cm³/mol. The summed E-state index contributed by atoms with van der Waals surface area (Å²) in [7, 11) is -4.54. The highest BCUT2D eigenvalue weighted by molar-refractivity contribution is 7.92. The van der Waals surface area contributed by atoms with Crippen molar-refractivity contribution < 1.29 is 26.0 Å². The fourth-order valence-corrected chi connectivity index (χ4v) is 4.09. The zero-order chi connectivity index (χ0) is 20.6. The van der Waals surface area contributed by atoms with E-state index >= 15 is 0 Å². The first kappa shape index (κ1) is 18.9. The molecule has 148 valence electrons. The van der Waals surface area contributed by atoms with Crippen LogP contribution in [0.2, 0.25) is 0 Å². The number of fused-ring (bicyclic) bond motifs is 1. The summed E-state index contributed by atoms with van der Waals surface area (Å²) in [6, 6.07) is 13.4. The zero-order valence-corrected chi connectivity index (χ0v) is 15.3. The van der Waals surface area contributed by atoms with Gasteiger partial charge in [-0.25, -0.2) is 13.4 Å². The third kappa shape index (κ3) is 3.66. The van der Waals surface area contributed by atoms with Crippen LogP contribution in [-0.2, 0) is 16.2 Å². The minimum absolute atomic E-state index is 0.0241. The number of oxazole rings is 1.